The van der Waals surface area contributed by atoms with Gasteiger partial charge in [-0.15, -0.1) is 0 Å². The lowest BCUT2D eigenvalue weighted by molar-refractivity contribution is -0.384. The van der Waals surface area contributed by atoms with Crippen molar-refractivity contribution in [3.05, 3.63) is 62.7 Å². The molecule has 114 valence electrons. The zero-order chi connectivity index (χ0) is 15.5. The lowest BCUT2D eigenvalue weighted by Crippen LogP contribution is -2.08. The molecular weight excluding hydrogens is 282 g/mol. The Balaban J connectivity index is 2.00. The fraction of sp³-hybridized carbons (Fsp3) is 0.353. The molecule has 0 amide bonds. The van der Waals surface area contributed by atoms with Crippen molar-refractivity contribution in [2.75, 3.05) is 0 Å². The van der Waals surface area contributed by atoms with E-state index >= 15 is 0 Å². The van der Waals surface area contributed by atoms with E-state index in [-0.39, 0.29) is 11.6 Å². The summed E-state index contributed by atoms with van der Waals surface area (Å²) in [5.74, 6) is 0.980. The molecule has 1 aromatic heterocycles. The Bertz CT molecular complexity index is 744. The third-order valence-electron chi connectivity index (χ3n) is 4.19. The number of rotatable bonds is 3. The van der Waals surface area contributed by atoms with Crippen molar-refractivity contribution >= 4 is 5.69 Å². The third-order valence-corrected chi connectivity index (χ3v) is 4.19. The zero-order valence-electron chi connectivity index (χ0n) is 12.2. The van der Waals surface area contributed by atoms with Gasteiger partial charge in [-0.2, -0.15) is 0 Å². The summed E-state index contributed by atoms with van der Waals surface area (Å²) in [5, 5.41) is 10.9. The summed E-state index contributed by atoms with van der Waals surface area (Å²) in [6.07, 6.45) is 5.58. The zero-order valence-corrected chi connectivity index (χ0v) is 12.2. The third kappa shape index (κ3) is 3.08. The molecule has 1 aliphatic rings. The van der Waals surface area contributed by atoms with Crippen LogP contribution in [0.1, 0.15) is 43.8 Å². The molecule has 1 heterocycles. The van der Waals surface area contributed by atoms with Crippen LogP contribution in [-0.4, -0.2) is 4.92 Å². The first-order chi connectivity index (χ1) is 10.6. The predicted octanol–water partition coefficient (Wildman–Crippen LogP) is 4.26. The normalized spacial score (nSPS) is 15.6. The largest absolute Gasteiger partial charge is 0.428 e. The fourth-order valence-electron chi connectivity index (χ4n) is 3.05. The minimum atomic E-state index is -0.434. The lowest BCUT2D eigenvalue weighted by atomic mass is 9.87. The van der Waals surface area contributed by atoms with E-state index < -0.39 is 10.5 Å². The molecule has 1 aromatic carbocycles. The maximum atomic E-state index is 11.8. The number of hydrogen-bond acceptors (Lipinski definition) is 4. The second-order valence-electron chi connectivity index (χ2n) is 5.71. The number of non-ortho nitro benzene ring substituents is 1. The Labute approximate surface area is 127 Å². The minimum Gasteiger partial charge on any atom is -0.428 e. The molecule has 1 fully saturated rings. The molecule has 0 unspecified atom stereocenters. The van der Waals surface area contributed by atoms with Gasteiger partial charge < -0.3 is 4.42 Å². The highest BCUT2D eigenvalue weighted by atomic mass is 16.6. The van der Waals surface area contributed by atoms with Crippen LogP contribution in [0.15, 0.2) is 45.6 Å². The molecule has 0 saturated heterocycles. The highest BCUT2D eigenvalue weighted by molar-refractivity contribution is 5.65. The van der Waals surface area contributed by atoms with Gasteiger partial charge in [-0.1, -0.05) is 31.4 Å². The van der Waals surface area contributed by atoms with Crippen LogP contribution in [0.2, 0.25) is 0 Å². The maximum absolute atomic E-state index is 11.8. The van der Waals surface area contributed by atoms with E-state index in [1.807, 2.05) is 6.07 Å². The first-order valence-corrected chi connectivity index (χ1v) is 7.53. The van der Waals surface area contributed by atoms with Gasteiger partial charge in [0, 0.05) is 24.1 Å². The molecule has 0 aliphatic heterocycles. The van der Waals surface area contributed by atoms with Crippen molar-refractivity contribution in [2.24, 2.45) is 0 Å². The molecule has 0 spiro atoms. The Kier molecular flexibility index (Phi) is 4.04. The van der Waals surface area contributed by atoms with Crippen LogP contribution in [0.4, 0.5) is 5.69 Å². The Morgan fingerprint density at radius 2 is 1.82 bits per heavy atom. The van der Waals surface area contributed by atoms with Gasteiger partial charge in [0.1, 0.15) is 5.76 Å². The predicted molar refractivity (Wildman–Crippen MR) is 82.9 cm³/mol. The fourth-order valence-corrected chi connectivity index (χ4v) is 3.05. The van der Waals surface area contributed by atoms with Crippen molar-refractivity contribution in [2.45, 2.75) is 38.0 Å². The molecule has 1 aliphatic carbocycles. The first kappa shape index (κ1) is 14.5. The number of nitrogens with zero attached hydrogens (tertiary/aromatic N) is 1. The molecule has 5 heteroatoms. The molecular formula is C17H17NO4. The van der Waals surface area contributed by atoms with E-state index in [2.05, 4.69) is 0 Å². The summed E-state index contributed by atoms with van der Waals surface area (Å²) in [6, 6.07) is 9.58. The van der Waals surface area contributed by atoms with E-state index in [1.54, 1.807) is 12.1 Å². The quantitative estimate of drug-likeness (QED) is 0.627. The Morgan fingerprint density at radius 1 is 1.05 bits per heavy atom. The summed E-state index contributed by atoms with van der Waals surface area (Å²) in [6.45, 7) is 0. The Morgan fingerprint density at radius 3 is 2.55 bits per heavy atom. The highest BCUT2D eigenvalue weighted by Crippen LogP contribution is 2.34. The molecule has 1 saturated carbocycles. The smallest absolute Gasteiger partial charge is 0.336 e. The van der Waals surface area contributed by atoms with Crippen molar-refractivity contribution in [1.82, 2.24) is 0 Å². The van der Waals surface area contributed by atoms with Gasteiger partial charge in [0.05, 0.1) is 4.92 Å². The SMILES string of the molecule is O=c1cc(-c2cccc([N+](=O)[O-])c2)cc(C2CCCCC2)o1. The van der Waals surface area contributed by atoms with Gasteiger partial charge in [0.25, 0.3) is 5.69 Å². The average molecular weight is 299 g/mol. The molecule has 0 radical (unpaired) electrons. The molecule has 0 N–H and O–H groups in total. The van der Waals surface area contributed by atoms with Crippen molar-refractivity contribution in [3.63, 3.8) is 0 Å². The van der Waals surface area contributed by atoms with Crippen LogP contribution in [0.5, 0.6) is 0 Å². The summed E-state index contributed by atoms with van der Waals surface area (Å²) in [5.41, 5.74) is 0.967. The monoisotopic (exact) mass is 299 g/mol. The maximum Gasteiger partial charge on any atom is 0.336 e. The van der Waals surface area contributed by atoms with Crippen molar-refractivity contribution in [3.8, 4) is 11.1 Å². The van der Waals surface area contributed by atoms with E-state index in [0.29, 0.717) is 16.9 Å². The highest BCUT2D eigenvalue weighted by Gasteiger charge is 2.19. The number of benzene rings is 1. The van der Waals surface area contributed by atoms with Gasteiger partial charge in [0.2, 0.25) is 0 Å². The number of nitro groups is 1. The standard InChI is InChI=1S/C17H17NO4/c19-17-11-14(13-7-4-8-15(9-13)18(20)21)10-16(22-17)12-5-2-1-3-6-12/h4,7-12H,1-3,5-6H2. The van der Waals surface area contributed by atoms with Crippen LogP contribution in [-0.2, 0) is 0 Å². The van der Waals surface area contributed by atoms with Crippen molar-refractivity contribution in [1.29, 1.82) is 0 Å². The van der Waals surface area contributed by atoms with Crippen LogP contribution in [0.3, 0.4) is 0 Å². The van der Waals surface area contributed by atoms with Crippen LogP contribution >= 0.6 is 0 Å². The number of nitro benzene ring substituents is 1. The molecule has 3 rings (SSSR count). The second kappa shape index (κ2) is 6.13. The molecule has 22 heavy (non-hydrogen) atoms. The topological polar surface area (TPSA) is 73.3 Å². The van der Waals surface area contributed by atoms with E-state index in [9.17, 15) is 14.9 Å². The van der Waals surface area contributed by atoms with Crippen LogP contribution in [0.25, 0.3) is 11.1 Å². The molecule has 2 aromatic rings. The van der Waals surface area contributed by atoms with Gasteiger partial charge in [-0.3, -0.25) is 10.1 Å². The second-order valence-corrected chi connectivity index (χ2v) is 5.71. The molecule has 0 atom stereocenters. The summed E-state index contributed by atoms with van der Waals surface area (Å²) in [4.78, 5) is 22.3. The van der Waals surface area contributed by atoms with Crippen molar-refractivity contribution < 1.29 is 9.34 Å². The summed E-state index contributed by atoms with van der Waals surface area (Å²) >= 11 is 0. The molecule has 5 nitrogen and oxygen atoms in total. The van der Waals surface area contributed by atoms with Crippen LogP contribution in [0, 0.1) is 10.1 Å². The summed E-state index contributed by atoms with van der Waals surface area (Å²) < 4.78 is 5.37. The van der Waals surface area contributed by atoms with E-state index in [4.69, 9.17) is 4.42 Å². The van der Waals surface area contributed by atoms with Crippen LogP contribution < -0.4 is 5.63 Å². The number of hydrogen-bond donors (Lipinski definition) is 0. The van der Waals surface area contributed by atoms with Gasteiger partial charge in [-0.25, -0.2) is 4.79 Å². The van der Waals surface area contributed by atoms with E-state index in [0.717, 1.165) is 25.7 Å². The molecule has 0 bridgehead atoms. The van der Waals surface area contributed by atoms with Gasteiger partial charge >= 0.3 is 5.63 Å². The Hall–Kier alpha value is -2.43. The first-order valence-electron chi connectivity index (χ1n) is 7.53. The minimum absolute atomic E-state index is 0.0185. The average Bonchev–Trinajstić information content (AvgIpc) is 2.55. The van der Waals surface area contributed by atoms with Gasteiger partial charge in [0.15, 0.2) is 0 Å². The summed E-state index contributed by atoms with van der Waals surface area (Å²) in [7, 11) is 0. The lowest BCUT2D eigenvalue weighted by Gasteiger charge is -2.20. The van der Waals surface area contributed by atoms with E-state index in [1.165, 1.54) is 24.6 Å². The van der Waals surface area contributed by atoms with Gasteiger partial charge in [-0.05, 0) is 30.0 Å².